The van der Waals surface area contributed by atoms with E-state index in [0.29, 0.717) is 11.1 Å². The number of carboxylic acids is 2. The molecule has 2 atom stereocenters. The van der Waals surface area contributed by atoms with E-state index in [-0.39, 0.29) is 47.2 Å². The van der Waals surface area contributed by atoms with Crippen molar-refractivity contribution in [3.8, 4) is 11.5 Å². The Hall–Kier alpha value is -2.44. The summed E-state index contributed by atoms with van der Waals surface area (Å²) in [5.74, 6) is -3.59. The Morgan fingerprint density at radius 1 is 0.857 bits per heavy atom. The van der Waals surface area contributed by atoms with E-state index in [1.807, 2.05) is 0 Å². The van der Waals surface area contributed by atoms with Gasteiger partial charge in [0.2, 0.25) is 0 Å². The minimum atomic E-state index is -1.05. The largest absolute Gasteiger partial charge is 0.506 e. The molecule has 0 aliphatic carbocycles. The van der Waals surface area contributed by atoms with Crippen LogP contribution >= 0.6 is 23.2 Å². The van der Waals surface area contributed by atoms with Gasteiger partial charge in [0, 0.05) is 6.42 Å². The normalized spacial score (nSPS) is 13.1. The lowest BCUT2D eigenvalue weighted by atomic mass is 9.80. The molecule has 0 fully saturated rings. The topological polar surface area (TPSA) is 115 Å². The molecule has 2 rings (SSSR count). The van der Waals surface area contributed by atoms with Crippen LogP contribution in [0.2, 0.25) is 10.0 Å². The first kappa shape index (κ1) is 21.9. The molecule has 0 saturated heterocycles. The maximum absolute atomic E-state index is 12.0. The summed E-state index contributed by atoms with van der Waals surface area (Å²) in [4.78, 5) is 23.0. The Kier molecular flexibility index (Phi) is 7.54. The fourth-order valence-corrected chi connectivity index (χ4v) is 3.53. The summed E-state index contributed by atoms with van der Waals surface area (Å²) in [5, 5.41) is 38.2. The molecule has 0 spiro atoms. The third kappa shape index (κ3) is 6.04. The number of aromatic hydroxyl groups is 2. The van der Waals surface area contributed by atoms with Crippen LogP contribution in [0.3, 0.4) is 0 Å². The highest BCUT2D eigenvalue weighted by Gasteiger charge is 2.29. The molecular weight excluding hydrogens is 407 g/mol. The first-order valence-electron chi connectivity index (χ1n) is 8.56. The summed E-state index contributed by atoms with van der Waals surface area (Å²) in [6.45, 7) is 0. The molecule has 8 heteroatoms. The summed E-state index contributed by atoms with van der Waals surface area (Å²) >= 11 is 11.8. The Balaban J connectivity index is 2.29. The van der Waals surface area contributed by atoms with Gasteiger partial charge in [0.1, 0.15) is 11.5 Å². The standard InChI is InChI=1S/C20H20Cl2O6/c21-15-9-11(1-4-17(15)23)7-13(3-6-19(25)26)14(20(27)28)8-12-2-5-18(24)16(22)10-12/h1-2,4-5,9-10,13-14,23-24H,3,6-8H2,(H,25,26)(H,27,28)/t13-,14-/m1/s1. The number of hydrogen-bond acceptors (Lipinski definition) is 4. The van der Waals surface area contributed by atoms with Gasteiger partial charge in [-0.2, -0.15) is 0 Å². The molecule has 2 aromatic carbocycles. The number of hydrogen-bond donors (Lipinski definition) is 4. The van der Waals surface area contributed by atoms with Crippen molar-refractivity contribution in [3.63, 3.8) is 0 Å². The maximum Gasteiger partial charge on any atom is 0.307 e. The zero-order chi connectivity index (χ0) is 20.8. The SMILES string of the molecule is O=C(O)CC[C@H](Cc1ccc(O)c(Cl)c1)[C@@H](Cc1ccc(O)c(Cl)c1)C(=O)O. The molecule has 0 saturated carbocycles. The van der Waals surface area contributed by atoms with Gasteiger partial charge >= 0.3 is 11.9 Å². The van der Waals surface area contributed by atoms with Gasteiger partial charge < -0.3 is 20.4 Å². The van der Waals surface area contributed by atoms with E-state index in [4.69, 9.17) is 28.3 Å². The molecular formula is C20H20Cl2O6. The van der Waals surface area contributed by atoms with E-state index in [0.717, 1.165) is 0 Å². The predicted molar refractivity (Wildman–Crippen MR) is 105 cm³/mol. The van der Waals surface area contributed by atoms with Crippen LogP contribution in [0.5, 0.6) is 11.5 Å². The van der Waals surface area contributed by atoms with Crippen LogP contribution in [0.15, 0.2) is 36.4 Å². The molecule has 0 heterocycles. The summed E-state index contributed by atoms with van der Waals surface area (Å²) in [7, 11) is 0. The van der Waals surface area contributed by atoms with E-state index in [1.54, 1.807) is 18.2 Å². The van der Waals surface area contributed by atoms with Gasteiger partial charge in [-0.25, -0.2) is 0 Å². The Morgan fingerprint density at radius 3 is 1.79 bits per heavy atom. The summed E-state index contributed by atoms with van der Waals surface area (Å²) in [6, 6.07) is 9.07. The van der Waals surface area contributed by atoms with Gasteiger partial charge in [-0.3, -0.25) is 9.59 Å². The number of phenols is 2. The van der Waals surface area contributed by atoms with Crippen LogP contribution in [0.1, 0.15) is 24.0 Å². The van der Waals surface area contributed by atoms with Crippen molar-refractivity contribution in [1.82, 2.24) is 0 Å². The van der Waals surface area contributed by atoms with Crippen molar-refractivity contribution < 1.29 is 30.0 Å². The second-order valence-corrected chi connectivity index (χ2v) is 7.43. The van der Waals surface area contributed by atoms with Crippen molar-refractivity contribution in [2.24, 2.45) is 11.8 Å². The quantitative estimate of drug-likeness (QED) is 0.473. The highest BCUT2D eigenvalue weighted by molar-refractivity contribution is 6.32. The third-order valence-corrected chi connectivity index (χ3v) is 5.20. The van der Waals surface area contributed by atoms with E-state index >= 15 is 0 Å². The van der Waals surface area contributed by atoms with E-state index in [9.17, 15) is 24.9 Å². The van der Waals surface area contributed by atoms with E-state index < -0.39 is 23.8 Å². The van der Waals surface area contributed by atoms with Gasteiger partial charge in [-0.05, 0) is 60.6 Å². The number of phenolic OH excluding ortho intramolecular Hbond substituents is 2. The highest BCUT2D eigenvalue weighted by Crippen LogP contribution is 2.31. The van der Waals surface area contributed by atoms with Crippen molar-refractivity contribution in [3.05, 3.63) is 57.6 Å². The molecule has 28 heavy (non-hydrogen) atoms. The van der Waals surface area contributed by atoms with Gasteiger partial charge in [0.25, 0.3) is 0 Å². The molecule has 0 aliphatic heterocycles. The smallest absolute Gasteiger partial charge is 0.307 e. The van der Waals surface area contributed by atoms with Crippen LogP contribution in [0.25, 0.3) is 0 Å². The number of halogens is 2. The minimum Gasteiger partial charge on any atom is -0.506 e. The zero-order valence-corrected chi connectivity index (χ0v) is 16.3. The van der Waals surface area contributed by atoms with Crippen molar-refractivity contribution in [2.75, 3.05) is 0 Å². The monoisotopic (exact) mass is 426 g/mol. The first-order valence-corrected chi connectivity index (χ1v) is 9.32. The van der Waals surface area contributed by atoms with Crippen molar-refractivity contribution >= 4 is 35.1 Å². The predicted octanol–water partition coefficient (Wildman–Crippen LogP) is 4.37. The van der Waals surface area contributed by atoms with Crippen LogP contribution < -0.4 is 0 Å². The number of carbonyl (C=O) groups is 2. The second kappa shape index (κ2) is 9.66. The number of benzene rings is 2. The summed E-state index contributed by atoms with van der Waals surface area (Å²) in [5.41, 5.74) is 1.33. The van der Waals surface area contributed by atoms with Crippen molar-refractivity contribution in [1.29, 1.82) is 0 Å². The van der Waals surface area contributed by atoms with Crippen molar-refractivity contribution in [2.45, 2.75) is 25.7 Å². The molecule has 0 radical (unpaired) electrons. The summed E-state index contributed by atoms with van der Waals surface area (Å²) in [6.07, 6.45) is 0.411. The second-order valence-electron chi connectivity index (χ2n) is 6.62. The van der Waals surface area contributed by atoms with Crippen LogP contribution in [-0.2, 0) is 22.4 Å². The molecule has 0 aliphatic rings. The minimum absolute atomic E-state index is 0.0824. The summed E-state index contributed by atoms with van der Waals surface area (Å²) < 4.78 is 0. The first-order chi connectivity index (χ1) is 13.2. The molecule has 0 bridgehead atoms. The van der Waals surface area contributed by atoms with Gasteiger partial charge in [-0.1, -0.05) is 35.3 Å². The average molecular weight is 427 g/mol. The number of carboxylic acid groups (broad SMARTS) is 2. The molecule has 4 N–H and O–H groups in total. The fraction of sp³-hybridized carbons (Fsp3) is 0.300. The van der Waals surface area contributed by atoms with E-state index in [1.165, 1.54) is 18.2 Å². The molecule has 0 aromatic heterocycles. The molecule has 2 aromatic rings. The Bertz CT molecular complexity index is 868. The fourth-order valence-electron chi connectivity index (χ4n) is 3.12. The Labute approximate surface area is 172 Å². The third-order valence-electron chi connectivity index (χ3n) is 4.59. The van der Waals surface area contributed by atoms with Crippen LogP contribution in [0, 0.1) is 11.8 Å². The zero-order valence-electron chi connectivity index (χ0n) is 14.8. The number of rotatable bonds is 9. The van der Waals surface area contributed by atoms with Crippen LogP contribution in [-0.4, -0.2) is 32.4 Å². The lowest BCUT2D eigenvalue weighted by Crippen LogP contribution is -2.28. The van der Waals surface area contributed by atoms with Gasteiger partial charge in [0.15, 0.2) is 0 Å². The maximum atomic E-state index is 12.0. The molecule has 6 nitrogen and oxygen atoms in total. The Morgan fingerprint density at radius 2 is 1.36 bits per heavy atom. The lowest BCUT2D eigenvalue weighted by molar-refractivity contribution is -0.145. The van der Waals surface area contributed by atoms with E-state index in [2.05, 4.69) is 0 Å². The average Bonchev–Trinajstić information content (AvgIpc) is 2.62. The lowest BCUT2D eigenvalue weighted by Gasteiger charge is -2.24. The highest BCUT2D eigenvalue weighted by atomic mass is 35.5. The van der Waals surface area contributed by atoms with Crippen LogP contribution in [0.4, 0.5) is 0 Å². The molecule has 0 amide bonds. The number of aliphatic carboxylic acids is 2. The van der Waals surface area contributed by atoms with Gasteiger partial charge in [-0.15, -0.1) is 0 Å². The molecule has 150 valence electrons. The van der Waals surface area contributed by atoms with Gasteiger partial charge in [0.05, 0.1) is 16.0 Å². The molecule has 0 unspecified atom stereocenters.